The number of carbonyl (C=O) groups is 1. The highest BCUT2D eigenvalue weighted by atomic mass is 16.2. The Morgan fingerprint density at radius 2 is 2.36 bits per heavy atom. The molecule has 0 unspecified atom stereocenters. The minimum Gasteiger partial charge on any atom is -0.348 e. The molecule has 0 atom stereocenters. The average molecular weight is 190 g/mol. The molecule has 1 aliphatic rings. The number of aromatic nitrogens is 1. The fourth-order valence-electron chi connectivity index (χ4n) is 1.25. The molecule has 0 aliphatic heterocycles. The highest BCUT2D eigenvalue weighted by molar-refractivity contribution is 5.92. The molecule has 1 heterocycles. The zero-order valence-electron chi connectivity index (χ0n) is 8.29. The number of hydrogen-bond donors (Lipinski definition) is 1. The summed E-state index contributed by atoms with van der Waals surface area (Å²) >= 11 is 0. The molecule has 74 valence electrons. The topological polar surface area (TPSA) is 42.0 Å². The maximum atomic E-state index is 11.5. The van der Waals surface area contributed by atoms with Crippen molar-refractivity contribution in [2.45, 2.75) is 32.2 Å². The van der Waals surface area contributed by atoms with Crippen LogP contribution in [-0.2, 0) is 6.42 Å². The van der Waals surface area contributed by atoms with Crippen LogP contribution in [0.3, 0.4) is 0 Å². The third kappa shape index (κ3) is 2.10. The van der Waals surface area contributed by atoms with Gasteiger partial charge >= 0.3 is 0 Å². The lowest BCUT2D eigenvalue weighted by atomic mass is 10.2. The van der Waals surface area contributed by atoms with Crippen molar-refractivity contribution in [1.29, 1.82) is 0 Å². The van der Waals surface area contributed by atoms with Gasteiger partial charge in [0, 0.05) is 12.2 Å². The van der Waals surface area contributed by atoms with Gasteiger partial charge in [0.15, 0.2) is 0 Å². The van der Waals surface area contributed by atoms with Crippen LogP contribution in [-0.4, -0.2) is 16.9 Å². The molecule has 1 aromatic rings. The summed E-state index contributed by atoms with van der Waals surface area (Å²) in [6.07, 6.45) is 4.94. The molecule has 1 fully saturated rings. The van der Waals surface area contributed by atoms with E-state index in [4.69, 9.17) is 0 Å². The monoisotopic (exact) mass is 190 g/mol. The second-order valence-electron chi connectivity index (χ2n) is 3.65. The van der Waals surface area contributed by atoms with E-state index in [1.54, 1.807) is 12.3 Å². The SMILES string of the molecule is CCc1ccc(C(=O)NC2CC2)nc1. The van der Waals surface area contributed by atoms with E-state index in [9.17, 15) is 4.79 Å². The molecule has 0 radical (unpaired) electrons. The van der Waals surface area contributed by atoms with E-state index in [1.807, 2.05) is 6.07 Å². The van der Waals surface area contributed by atoms with Crippen LogP contribution in [0, 0.1) is 0 Å². The predicted molar refractivity (Wildman–Crippen MR) is 54.1 cm³/mol. The summed E-state index contributed by atoms with van der Waals surface area (Å²) in [6.45, 7) is 2.07. The number of carbonyl (C=O) groups excluding carboxylic acids is 1. The van der Waals surface area contributed by atoms with E-state index >= 15 is 0 Å². The Morgan fingerprint density at radius 3 is 2.86 bits per heavy atom. The van der Waals surface area contributed by atoms with Crippen molar-refractivity contribution in [2.75, 3.05) is 0 Å². The molecule has 3 nitrogen and oxygen atoms in total. The number of nitrogens with zero attached hydrogens (tertiary/aromatic N) is 1. The summed E-state index contributed by atoms with van der Waals surface area (Å²) in [7, 11) is 0. The van der Waals surface area contributed by atoms with Crippen LogP contribution in [0.1, 0.15) is 35.8 Å². The van der Waals surface area contributed by atoms with Crippen molar-refractivity contribution >= 4 is 5.91 Å². The molecule has 1 N–H and O–H groups in total. The first-order valence-electron chi connectivity index (χ1n) is 5.05. The van der Waals surface area contributed by atoms with Crippen molar-refractivity contribution in [3.05, 3.63) is 29.6 Å². The van der Waals surface area contributed by atoms with Gasteiger partial charge in [-0.25, -0.2) is 0 Å². The highest BCUT2D eigenvalue weighted by Crippen LogP contribution is 2.19. The minimum absolute atomic E-state index is 0.0462. The lowest BCUT2D eigenvalue weighted by molar-refractivity contribution is 0.0946. The molecule has 3 heteroatoms. The van der Waals surface area contributed by atoms with Gasteiger partial charge in [-0.3, -0.25) is 9.78 Å². The summed E-state index contributed by atoms with van der Waals surface area (Å²) in [4.78, 5) is 15.6. The van der Waals surface area contributed by atoms with Crippen LogP contribution < -0.4 is 5.32 Å². The van der Waals surface area contributed by atoms with Crippen LogP contribution in [0.15, 0.2) is 18.3 Å². The molecule has 0 spiro atoms. The number of aryl methyl sites for hydroxylation is 1. The van der Waals surface area contributed by atoms with E-state index < -0.39 is 0 Å². The Labute approximate surface area is 83.5 Å². The number of rotatable bonds is 3. The molecular weight excluding hydrogens is 176 g/mol. The molecule has 0 saturated heterocycles. The normalized spacial score (nSPS) is 15.2. The van der Waals surface area contributed by atoms with Crippen molar-refractivity contribution < 1.29 is 4.79 Å². The lowest BCUT2D eigenvalue weighted by Crippen LogP contribution is -2.26. The van der Waals surface area contributed by atoms with Gasteiger partial charge in [0.25, 0.3) is 5.91 Å². The molecule has 1 aromatic heterocycles. The fourth-order valence-corrected chi connectivity index (χ4v) is 1.25. The van der Waals surface area contributed by atoms with Crippen molar-refractivity contribution in [2.24, 2.45) is 0 Å². The number of nitrogens with one attached hydrogen (secondary N) is 1. The van der Waals surface area contributed by atoms with E-state index in [1.165, 1.54) is 0 Å². The van der Waals surface area contributed by atoms with Crippen LogP contribution in [0.5, 0.6) is 0 Å². The van der Waals surface area contributed by atoms with Crippen LogP contribution in [0.25, 0.3) is 0 Å². The molecule has 1 aliphatic carbocycles. The first-order valence-corrected chi connectivity index (χ1v) is 5.05. The van der Waals surface area contributed by atoms with Gasteiger partial charge in [-0.05, 0) is 30.9 Å². The summed E-state index contributed by atoms with van der Waals surface area (Å²) in [5, 5.41) is 2.91. The Kier molecular flexibility index (Phi) is 2.48. The minimum atomic E-state index is -0.0462. The van der Waals surface area contributed by atoms with Gasteiger partial charge in [0.1, 0.15) is 5.69 Å². The van der Waals surface area contributed by atoms with Gasteiger partial charge in [-0.2, -0.15) is 0 Å². The highest BCUT2D eigenvalue weighted by Gasteiger charge is 2.24. The molecule has 0 bridgehead atoms. The van der Waals surface area contributed by atoms with Crippen molar-refractivity contribution in [3.8, 4) is 0 Å². The second-order valence-corrected chi connectivity index (χ2v) is 3.65. The molecule has 2 rings (SSSR count). The maximum absolute atomic E-state index is 11.5. The zero-order chi connectivity index (χ0) is 9.97. The van der Waals surface area contributed by atoms with Crippen molar-refractivity contribution in [3.63, 3.8) is 0 Å². The fraction of sp³-hybridized carbons (Fsp3) is 0.455. The zero-order valence-corrected chi connectivity index (χ0v) is 8.29. The maximum Gasteiger partial charge on any atom is 0.270 e. The Hall–Kier alpha value is -1.38. The largest absolute Gasteiger partial charge is 0.348 e. The van der Waals surface area contributed by atoms with Crippen LogP contribution in [0.4, 0.5) is 0 Å². The summed E-state index contributed by atoms with van der Waals surface area (Å²) in [5.41, 5.74) is 1.68. The number of hydrogen-bond acceptors (Lipinski definition) is 2. The molecular formula is C11H14N2O. The lowest BCUT2D eigenvalue weighted by Gasteiger charge is -2.02. The number of pyridine rings is 1. The quantitative estimate of drug-likeness (QED) is 0.785. The Bertz CT molecular complexity index is 328. The first kappa shape index (κ1) is 9.19. The van der Waals surface area contributed by atoms with Crippen molar-refractivity contribution in [1.82, 2.24) is 10.3 Å². The average Bonchev–Trinajstić information content (AvgIpc) is 3.02. The van der Waals surface area contributed by atoms with E-state index in [0.717, 1.165) is 24.8 Å². The third-order valence-electron chi connectivity index (χ3n) is 2.38. The van der Waals surface area contributed by atoms with E-state index in [0.29, 0.717) is 11.7 Å². The number of amides is 1. The Morgan fingerprint density at radius 1 is 1.57 bits per heavy atom. The van der Waals surface area contributed by atoms with Crippen LogP contribution in [0.2, 0.25) is 0 Å². The van der Waals surface area contributed by atoms with Gasteiger partial charge in [-0.15, -0.1) is 0 Å². The predicted octanol–water partition coefficient (Wildman–Crippen LogP) is 1.54. The molecule has 1 saturated carbocycles. The second kappa shape index (κ2) is 3.78. The van der Waals surface area contributed by atoms with E-state index in [2.05, 4.69) is 17.2 Å². The van der Waals surface area contributed by atoms with Gasteiger partial charge < -0.3 is 5.32 Å². The van der Waals surface area contributed by atoms with Gasteiger partial charge in [-0.1, -0.05) is 13.0 Å². The smallest absolute Gasteiger partial charge is 0.270 e. The molecule has 1 amide bonds. The standard InChI is InChI=1S/C11H14N2O/c1-2-8-3-6-10(12-7-8)11(14)13-9-4-5-9/h3,6-7,9H,2,4-5H2,1H3,(H,13,14). The Balaban J connectivity index is 2.03. The van der Waals surface area contributed by atoms with Gasteiger partial charge in [0.2, 0.25) is 0 Å². The summed E-state index contributed by atoms with van der Waals surface area (Å²) in [6, 6.07) is 4.14. The first-order chi connectivity index (χ1) is 6.79. The van der Waals surface area contributed by atoms with Gasteiger partial charge in [0.05, 0.1) is 0 Å². The summed E-state index contributed by atoms with van der Waals surface area (Å²) in [5.74, 6) is -0.0462. The molecule has 14 heavy (non-hydrogen) atoms. The van der Waals surface area contributed by atoms with E-state index in [-0.39, 0.29) is 5.91 Å². The third-order valence-corrected chi connectivity index (χ3v) is 2.38. The molecule has 0 aromatic carbocycles. The van der Waals surface area contributed by atoms with Crippen LogP contribution >= 0.6 is 0 Å². The summed E-state index contributed by atoms with van der Waals surface area (Å²) < 4.78 is 0.